The highest BCUT2D eigenvalue weighted by Crippen LogP contribution is 2.26. The predicted molar refractivity (Wildman–Crippen MR) is 95.8 cm³/mol. The number of hydrogen-bond donors (Lipinski definition) is 2. The van der Waals surface area contributed by atoms with Gasteiger partial charge in [-0.25, -0.2) is 4.39 Å². The molecule has 0 saturated carbocycles. The van der Waals surface area contributed by atoms with E-state index in [1.165, 1.54) is 17.7 Å². The zero-order valence-corrected chi connectivity index (χ0v) is 13.7. The summed E-state index contributed by atoms with van der Waals surface area (Å²) in [4.78, 5) is 4.45. The van der Waals surface area contributed by atoms with Gasteiger partial charge in [-0.2, -0.15) is 0 Å². The van der Waals surface area contributed by atoms with Crippen molar-refractivity contribution < 1.29 is 9.50 Å². The Morgan fingerprint density at radius 2 is 1.92 bits per heavy atom. The van der Waals surface area contributed by atoms with Crippen LogP contribution in [0, 0.1) is 12.7 Å². The summed E-state index contributed by atoms with van der Waals surface area (Å²) in [5, 5.41) is 13.6. The van der Waals surface area contributed by atoms with Crippen molar-refractivity contribution >= 4 is 16.6 Å². The molecule has 2 N–H and O–H groups in total. The first kappa shape index (κ1) is 16.4. The number of pyridine rings is 1. The lowest BCUT2D eigenvalue weighted by molar-refractivity contribution is 0.277. The first-order valence-electron chi connectivity index (χ1n) is 8.14. The van der Waals surface area contributed by atoms with Gasteiger partial charge in [-0.15, -0.1) is 0 Å². The van der Waals surface area contributed by atoms with E-state index in [0.717, 1.165) is 22.3 Å². The molecule has 3 nitrogen and oxygen atoms in total. The van der Waals surface area contributed by atoms with Gasteiger partial charge in [0.25, 0.3) is 0 Å². The highest BCUT2D eigenvalue weighted by molar-refractivity contribution is 5.91. The molecular formula is C20H21FN2O. The van der Waals surface area contributed by atoms with Crippen molar-refractivity contribution in [2.75, 3.05) is 18.5 Å². The number of nitrogens with one attached hydrogen (secondary N) is 1. The third-order valence-electron chi connectivity index (χ3n) is 4.19. The molecule has 3 aromatic rings. The van der Waals surface area contributed by atoms with Crippen LogP contribution in [0.3, 0.4) is 0 Å². The largest absolute Gasteiger partial charge is 0.396 e. The molecule has 0 aliphatic heterocycles. The number of fused-ring (bicyclic) bond motifs is 1. The summed E-state index contributed by atoms with van der Waals surface area (Å²) < 4.78 is 13.6. The van der Waals surface area contributed by atoms with Crippen LogP contribution in [-0.4, -0.2) is 23.2 Å². The molecule has 2 aromatic carbocycles. The fourth-order valence-corrected chi connectivity index (χ4v) is 2.98. The summed E-state index contributed by atoms with van der Waals surface area (Å²) in [6, 6.07) is 16.7. The highest BCUT2D eigenvalue weighted by Gasteiger charge is 2.12. The van der Waals surface area contributed by atoms with Crippen LogP contribution in [-0.2, 0) is 0 Å². The van der Waals surface area contributed by atoms with Gasteiger partial charge < -0.3 is 10.4 Å². The molecule has 0 spiro atoms. The summed E-state index contributed by atoms with van der Waals surface area (Å²) in [6.07, 6.45) is 0.674. The summed E-state index contributed by atoms with van der Waals surface area (Å²) >= 11 is 0. The number of benzene rings is 2. The summed E-state index contributed by atoms with van der Waals surface area (Å²) in [5.41, 5.74) is 3.71. The molecule has 0 bridgehead atoms. The SMILES string of the molecule is Cc1cc(NCC(CCO)c2ccccc2)c2cc(F)ccc2n1. The second-order valence-corrected chi connectivity index (χ2v) is 5.97. The van der Waals surface area contributed by atoms with Crippen molar-refractivity contribution in [3.8, 4) is 0 Å². The second kappa shape index (κ2) is 7.41. The molecule has 0 aliphatic carbocycles. The average molecular weight is 324 g/mol. The molecule has 1 atom stereocenters. The number of anilines is 1. The molecule has 0 amide bonds. The van der Waals surface area contributed by atoms with Crippen LogP contribution in [0.1, 0.15) is 23.6 Å². The quantitative estimate of drug-likeness (QED) is 0.712. The van der Waals surface area contributed by atoms with E-state index in [0.29, 0.717) is 13.0 Å². The smallest absolute Gasteiger partial charge is 0.124 e. The fraction of sp³-hybridized carbons (Fsp3) is 0.250. The van der Waals surface area contributed by atoms with E-state index < -0.39 is 0 Å². The Hall–Kier alpha value is -2.46. The lowest BCUT2D eigenvalue weighted by atomic mass is 9.96. The van der Waals surface area contributed by atoms with Gasteiger partial charge in [0.15, 0.2) is 0 Å². The van der Waals surface area contributed by atoms with Gasteiger partial charge in [0, 0.05) is 35.8 Å². The first-order valence-corrected chi connectivity index (χ1v) is 8.14. The Bertz CT molecular complexity index is 820. The average Bonchev–Trinajstić information content (AvgIpc) is 2.59. The maximum Gasteiger partial charge on any atom is 0.124 e. The third kappa shape index (κ3) is 3.71. The zero-order chi connectivity index (χ0) is 16.9. The third-order valence-corrected chi connectivity index (χ3v) is 4.19. The van der Waals surface area contributed by atoms with Gasteiger partial charge in [0.05, 0.1) is 5.52 Å². The van der Waals surface area contributed by atoms with E-state index in [9.17, 15) is 9.50 Å². The molecule has 3 rings (SSSR count). The number of nitrogens with zero attached hydrogens (tertiary/aromatic N) is 1. The van der Waals surface area contributed by atoms with E-state index >= 15 is 0 Å². The Morgan fingerprint density at radius 3 is 2.67 bits per heavy atom. The highest BCUT2D eigenvalue weighted by atomic mass is 19.1. The second-order valence-electron chi connectivity index (χ2n) is 5.97. The van der Waals surface area contributed by atoms with Crippen molar-refractivity contribution in [2.24, 2.45) is 0 Å². The van der Waals surface area contributed by atoms with Crippen LogP contribution in [0.15, 0.2) is 54.6 Å². The number of aliphatic hydroxyl groups excluding tert-OH is 1. The molecule has 0 saturated heterocycles. The van der Waals surface area contributed by atoms with Crippen LogP contribution in [0.25, 0.3) is 10.9 Å². The summed E-state index contributed by atoms with van der Waals surface area (Å²) in [7, 11) is 0. The number of aliphatic hydroxyl groups is 1. The number of aryl methyl sites for hydroxylation is 1. The lowest BCUT2D eigenvalue weighted by Crippen LogP contribution is -2.14. The van der Waals surface area contributed by atoms with Crippen LogP contribution in [0.4, 0.5) is 10.1 Å². The molecule has 24 heavy (non-hydrogen) atoms. The molecule has 0 fully saturated rings. The van der Waals surface area contributed by atoms with Crippen molar-refractivity contribution in [1.29, 1.82) is 0 Å². The summed E-state index contributed by atoms with van der Waals surface area (Å²) in [5.74, 6) is -0.0838. The lowest BCUT2D eigenvalue weighted by Gasteiger charge is -2.19. The zero-order valence-electron chi connectivity index (χ0n) is 13.7. The number of aromatic nitrogens is 1. The van der Waals surface area contributed by atoms with Gasteiger partial charge in [-0.1, -0.05) is 30.3 Å². The first-order chi connectivity index (χ1) is 11.7. The monoisotopic (exact) mass is 324 g/mol. The minimum atomic E-state index is -0.272. The van der Waals surface area contributed by atoms with E-state index in [4.69, 9.17) is 0 Å². The molecular weight excluding hydrogens is 303 g/mol. The van der Waals surface area contributed by atoms with Gasteiger partial charge in [0.2, 0.25) is 0 Å². The molecule has 4 heteroatoms. The van der Waals surface area contributed by atoms with E-state index in [1.807, 2.05) is 31.2 Å². The van der Waals surface area contributed by atoms with E-state index in [-0.39, 0.29) is 18.3 Å². The van der Waals surface area contributed by atoms with E-state index in [2.05, 4.69) is 22.4 Å². The standard InChI is InChI=1S/C20H21FN2O/c1-14-11-20(18-12-17(21)7-8-19(18)23-14)22-13-16(9-10-24)15-5-3-2-4-6-15/h2-8,11-12,16,24H,9-10,13H2,1H3,(H,22,23). The van der Waals surface area contributed by atoms with Gasteiger partial charge >= 0.3 is 0 Å². The fourth-order valence-electron chi connectivity index (χ4n) is 2.98. The molecule has 1 heterocycles. The Labute approximate surface area is 141 Å². The maximum absolute atomic E-state index is 13.6. The van der Waals surface area contributed by atoms with Crippen LogP contribution >= 0.6 is 0 Å². The van der Waals surface area contributed by atoms with Gasteiger partial charge in [-0.05, 0) is 43.2 Å². The Balaban J connectivity index is 1.87. The Morgan fingerprint density at radius 1 is 1.12 bits per heavy atom. The Kier molecular flexibility index (Phi) is 5.06. The molecule has 1 unspecified atom stereocenters. The van der Waals surface area contributed by atoms with Gasteiger partial charge in [0.1, 0.15) is 5.82 Å². The van der Waals surface area contributed by atoms with Crippen molar-refractivity contribution in [2.45, 2.75) is 19.3 Å². The number of halogens is 1. The van der Waals surface area contributed by atoms with Crippen LogP contribution in [0.2, 0.25) is 0 Å². The van der Waals surface area contributed by atoms with Gasteiger partial charge in [-0.3, -0.25) is 4.98 Å². The van der Waals surface area contributed by atoms with Crippen molar-refractivity contribution in [1.82, 2.24) is 4.98 Å². The number of rotatable bonds is 6. The predicted octanol–water partition coefficient (Wildman–Crippen LogP) is 4.26. The van der Waals surface area contributed by atoms with Crippen LogP contribution in [0.5, 0.6) is 0 Å². The topological polar surface area (TPSA) is 45.1 Å². The summed E-state index contributed by atoms with van der Waals surface area (Å²) in [6.45, 7) is 2.72. The molecule has 1 aromatic heterocycles. The normalized spacial score (nSPS) is 12.3. The minimum absolute atomic E-state index is 0.131. The molecule has 0 radical (unpaired) electrons. The molecule has 0 aliphatic rings. The minimum Gasteiger partial charge on any atom is -0.396 e. The number of hydrogen-bond acceptors (Lipinski definition) is 3. The maximum atomic E-state index is 13.6. The van der Waals surface area contributed by atoms with Crippen LogP contribution < -0.4 is 5.32 Å². The van der Waals surface area contributed by atoms with Crippen molar-refractivity contribution in [3.63, 3.8) is 0 Å². The molecule has 124 valence electrons. The van der Waals surface area contributed by atoms with Crippen molar-refractivity contribution in [3.05, 3.63) is 71.7 Å². The van der Waals surface area contributed by atoms with E-state index in [1.54, 1.807) is 6.07 Å².